The molecule has 2 aromatic carbocycles. The number of aliphatic hydroxyl groups excluding tert-OH is 3. The zero-order valence-corrected chi connectivity index (χ0v) is 18.6. The minimum Gasteiger partial charge on any atom is -0.478 e. The van der Waals surface area contributed by atoms with Gasteiger partial charge in [0.05, 0.1) is 42.1 Å². The molecule has 0 amide bonds. The zero-order valence-electron chi connectivity index (χ0n) is 18.6. The van der Waals surface area contributed by atoms with Gasteiger partial charge in [0.2, 0.25) is 0 Å². The topological polar surface area (TPSA) is 188 Å². The van der Waals surface area contributed by atoms with Crippen LogP contribution in [0.3, 0.4) is 0 Å². The van der Waals surface area contributed by atoms with Gasteiger partial charge in [0, 0.05) is 5.41 Å². The molecule has 35 heavy (non-hydrogen) atoms. The lowest BCUT2D eigenvalue weighted by Crippen LogP contribution is -2.36. The highest BCUT2D eigenvalue weighted by Gasteiger charge is 2.30. The normalized spacial score (nSPS) is 12.0. The largest absolute Gasteiger partial charge is 0.478 e. The number of carbonyl (C=O) groups is 4. The number of hydrogen-bond donors (Lipinski definition) is 5. The van der Waals surface area contributed by atoms with Gasteiger partial charge in [-0.15, -0.1) is 0 Å². The third-order valence-corrected chi connectivity index (χ3v) is 5.39. The lowest BCUT2D eigenvalue weighted by Gasteiger charge is -2.29. The molecule has 2 aromatic rings. The highest BCUT2D eigenvalue weighted by atomic mass is 16.6. The summed E-state index contributed by atoms with van der Waals surface area (Å²) in [5.41, 5.74) is -1.41. The molecule has 0 saturated carbocycles. The number of esters is 2. The molecule has 0 spiro atoms. The average Bonchev–Trinajstić information content (AvgIpc) is 2.87. The number of ether oxygens (including phenoxy) is 2. The van der Waals surface area contributed by atoms with E-state index in [2.05, 4.69) is 0 Å². The minimum absolute atomic E-state index is 0.00840. The van der Waals surface area contributed by atoms with E-state index in [1.807, 2.05) is 0 Å². The van der Waals surface area contributed by atoms with E-state index in [1.165, 1.54) is 42.5 Å². The minimum atomic E-state index is -1.26. The van der Waals surface area contributed by atoms with Crippen molar-refractivity contribution in [3.63, 3.8) is 0 Å². The molecule has 0 bridgehead atoms. The van der Waals surface area contributed by atoms with Crippen LogP contribution in [0.5, 0.6) is 0 Å². The monoisotopic (exact) mass is 490 g/mol. The summed E-state index contributed by atoms with van der Waals surface area (Å²) in [7, 11) is 0. The van der Waals surface area contributed by atoms with Crippen LogP contribution in [0.2, 0.25) is 0 Å². The smallest absolute Gasteiger partial charge is 0.338 e. The number of rotatable bonds is 13. The van der Waals surface area contributed by atoms with E-state index in [1.54, 1.807) is 0 Å². The zero-order chi connectivity index (χ0) is 26.0. The Labute approximate surface area is 200 Å². The van der Waals surface area contributed by atoms with Crippen LogP contribution in [0, 0.1) is 5.41 Å². The van der Waals surface area contributed by atoms with Crippen molar-refractivity contribution in [1.82, 2.24) is 0 Å². The van der Waals surface area contributed by atoms with Crippen molar-refractivity contribution in [2.24, 2.45) is 5.41 Å². The van der Waals surface area contributed by atoms with E-state index in [4.69, 9.17) is 19.7 Å². The molecule has 1 unspecified atom stereocenters. The Balaban J connectivity index is 2.15. The molecular weight excluding hydrogens is 464 g/mol. The van der Waals surface area contributed by atoms with E-state index < -0.39 is 61.8 Å². The maximum absolute atomic E-state index is 12.6. The Hall–Kier alpha value is -3.80. The van der Waals surface area contributed by atoms with Crippen molar-refractivity contribution in [2.45, 2.75) is 18.9 Å². The van der Waals surface area contributed by atoms with Gasteiger partial charge in [-0.05, 0) is 55.3 Å². The molecule has 11 heteroatoms. The molecular formula is C24H26O11. The van der Waals surface area contributed by atoms with Crippen LogP contribution >= 0.6 is 0 Å². The molecule has 188 valence electrons. The standard InChI is InChI=1S/C24H26O11/c25-12-24(13-26,14-27)9-8-19(35-23(33)18-3-1-2-17(10-18)21(30)31)11-34-22(32)16-6-4-15(5-7-16)20(28)29/h1-7,10,19,25-27H,8-9,11-14H2,(H,28,29)(H,30,31). The van der Waals surface area contributed by atoms with Crippen LogP contribution in [0.25, 0.3) is 0 Å². The summed E-state index contributed by atoms with van der Waals surface area (Å²) in [5, 5.41) is 46.7. The van der Waals surface area contributed by atoms with Gasteiger partial charge >= 0.3 is 23.9 Å². The number of hydrogen-bond acceptors (Lipinski definition) is 9. The molecule has 0 saturated heterocycles. The van der Waals surface area contributed by atoms with E-state index >= 15 is 0 Å². The van der Waals surface area contributed by atoms with Gasteiger partial charge < -0.3 is 35.0 Å². The summed E-state index contributed by atoms with van der Waals surface area (Å²) in [6, 6.07) is 10.1. The predicted molar refractivity (Wildman–Crippen MR) is 119 cm³/mol. The number of aromatic carboxylic acids is 2. The summed E-state index contributed by atoms with van der Waals surface area (Å²) in [6.45, 7) is -2.06. The Morgan fingerprint density at radius 3 is 1.83 bits per heavy atom. The van der Waals surface area contributed by atoms with Gasteiger partial charge in [0.25, 0.3) is 0 Å². The van der Waals surface area contributed by atoms with Crippen LogP contribution in [0.4, 0.5) is 0 Å². The van der Waals surface area contributed by atoms with Crippen LogP contribution in [-0.4, -0.2) is 81.9 Å². The maximum atomic E-state index is 12.6. The van der Waals surface area contributed by atoms with Gasteiger partial charge in [0.1, 0.15) is 12.7 Å². The fraction of sp³-hybridized carbons (Fsp3) is 0.333. The van der Waals surface area contributed by atoms with Crippen molar-refractivity contribution >= 4 is 23.9 Å². The van der Waals surface area contributed by atoms with Crippen LogP contribution in [0.15, 0.2) is 48.5 Å². The fourth-order valence-electron chi connectivity index (χ4n) is 3.03. The molecule has 0 aromatic heterocycles. The second-order valence-electron chi connectivity index (χ2n) is 7.91. The summed E-state index contributed by atoms with van der Waals surface area (Å²) in [6.07, 6.45) is -1.08. The summed E-state index contributed by atoms with van der Waals surface area (Å²) >= 11 is 0. The van der Waals surface area contributed by atoms with Gasteiger partial charge in [-0.3, -0.25) is 0 Å². The van der Waals surface area contributed by atoms with Crippen LogP contribution in [-0.2, 0) is 9.47 Å². The quantitative estimate of drug-likeness (QED) is 0.254. The van der Waals surface area contributed by atoms with Crippen LogP contribution in [0.1, 0.15) is 54.3 Å². The lowest BCUT2D eigenvalue weighted by atomic mass is 9.85. The first-order valence-corrected chi connectivity index (χ1v) is 10.5. The summed E-state index contributed by atoms with van der Waals surface area (Å²) in [5.74, 6) is -4.10. The first-order valence-electron chi connectivity index (χ1n) is 10.5. The number of benzene rings is 2. The van der Waals surface area contributed by atoms with Gasteiger partial charge in [-0.25, -0.2) is 19.2 Å². The van der Waals surface area contributed by atoms with Crippen molar-refractivity contribution in [1.29, 1.82) is 0 Å². The Bertz CT molecular complexity index is 1030. The molecule has 0 fully saturated rings. The van der Waals surface area contributed by atoms with Crippen LogP contribution < -0.4 is 0 Å². The lowest BCUT2D eigenvalue weighted by molar-refractivity contribution is -0.0283. The van der Waals surface area contributed by atoms with Gasteiger partial charge in [0.15, 0.2) is 0 Å². The SMILES string of the molecule is O=C(O)c1ccc(C(=O)OCC(CCC(CO)(CO)CO)OC(=O)c2cccc(C(=O)O)c2)cc1. The fourth-order valence-corrected chi connectivity index (χ4v) is 3.03. The highest BCUT2D eigenvalue weighted by molar-refractivity contribution is 5.95. The molecule has 1 atom stereocenters. The second-order valence-corrected chi connectivity index (χ2v) is 7.91. The first kappa shape index (κ1) is 27.4. The van der Waals surface area contributed by atoms with E-state index in [0.717, 1.165) is 6.07 Å². The third kappa shape index (κ3) is 7.60. The average molecular weight is 490 g/mol. The van der Waals surface area contributed by atoms with E-state index in [-0.39, 0.29) is 35.1 Å². The molecule has 2 rings (SSSR count). The van der Waals surface area contributed by atoms with Crippen molar-refractivity contribution in [2.75, 3.05) is 26.4 Å². The van der Waals surface area contributed by atoms with Crippen molar-refractivity contribution in [3.05, 3.63) is 70.8 Å². The molecule has 0 radical (unpaired) electrons. The number of carbonyl (C=O) groups excluding carboxylic acids is 2. The Morgan fingerprint density at radius 1 is 0.743 bits per heavy atom. The second kappa shape index (κ2) is 12.6. The van der Waals surface area contributed by atoms with E-state index in [9.17, 15) is 34.5 Å². The van der Waals surface area contributed by atoms with Crippen molar-refractivity contribution < 1.29 is 54.2 Å². The molecule has 0 aliphatic carbocycles. The summed E-state index contributed by atoms with van der Waals surface area (Å²) < 4.78 is 10.6. The molecule has 11 nitrogen and oxygen atoms in total. The molecule has 0 heterocycles. The molecule has 0 aliphatic heterocycles. The number of carboxylic acid groups (broad SMARTS) is 2. The Morgan fingerprint density at radius 2 is 1.29 bits per heavy atom. The molecule has 5 N–H and O–H groups in total. The number of aliphatic hydroxyl groups is 3. The third-order valence-electron chi connectivity index (χ3n) is 5.39. The van der Waals surface area contributed by atoms with Gasteiger partial charge in [-0.1, -0.05) is 6.07 Å². The molecule has 0 aliphatic rings. The van der Waals surface area contributed by atoms with Crippen molar-refractivity contribution in [3.8, 4) is 0 Å². The van der Waals surface area contributed by atoms with Gasteiger partial charge in [-0.2, -0.15) is 0 Å². The highest BCUT2D eigenvalue weighted by Crippen LogP contribution is 2.24. The van der Waals surface area contributed by atoms with E-state index in [0.29, 0.717) is 0 Å². The summed E-state index contributed by atoms with van der Waals surface area (Å²) in [4.78, 5) is 47.1. The maximum Gasteiger partial charge on any atom is 0.338 e. The predicted octanol–water partition coefficient (Wildman–Crippen LogP) is 1.21. The first-order chi connectivity index (χ1) is 16.6. The Kier molecular flexibility index (Phi) is 9.88. The number of carboxylic acids is 2.